The second kappa shape index (κ2) is 5.80. The fourth-order valence-electron chi connectivity index (χ4n) is 2.86. The zero-order valence-electron chi connectivity index (χ0n) is 12.6. The minimum Gasteiger partial charge on any atom is -0.387 e. The fourth-order valence-corrected chi connectivity index (χ4v) is 3.98. The molecular weight excluding hydrogens is 256 g/mol. The van der Waals surface area contributed by atoms with E-state index in [1.807, 2.05) is 0 Å². The molecule has 0 saturated carbocycles. The molecule has 19 heavy (non-hydrogen) atoms. The van der Waals surface area contributed by atoms with Crippen molar-refractivity contribution >= 4 is 16.5 Å². The summed E-state index contributed by atoms with van der Waals surface area (Å²) in [5, 5.41) is 11.4. The molecule has 108 valence electrons. The number of aromatic nitrogens is 1. The number of anilines is 1. The first-order valence-corrected chi connectivity index (χ1v) is 8.21. The van der Waals surface area contributed by atoms with Crippen molar-refractivity contribution in [1.29, 1.82) is 0 Å². The van der Waals surface area contributed by atoms with Crippen molar-refractivity contribution in [3.8, 4) is 0 Å². The summed E-state index contributed by atoms with van der Waals surface area (Å²) in [6.45, 7) is 10.9. The third kappa shape index (κ3) is 3.29. The number of thiazole rings is 1. The van der Waals surface area contributed by atoms with Crippen LogP contribution in [0.2, 0.25) is 0 Å². The highest BCUT2D eigenvalue weighted by molar-refractivity contribution is 7.15. The SMILES string of the molecule is CCCN(CCC)c1nc2c(s1)C(O)CC(C)(C)C2. The van der Waals surface area contributed by atoms with Crippen molar-refractivity contribution in [2.45, 2.75) is 59.5 Å². The Bertz CT molecular complexity index is 422. The van der Waals surface area contributed by atoms with Gasteiger partial charge in [-0.25, -0.2) is 4.98 Å². The van der Waals surface area contributed by atoms with Gasteiger partial charge in [-0.15, -0.1) is 0 Å². The van der Waals surface area contributed by atoms with Crippen molar-refractivity contribution < 1.29 is 5.11 Å². The van der Waals surface area contributed by atoms with E-state index < -0.39 is 0 Å². The maximum atomic E-state index is 10.3. The van der Waals surface area contributed by atoms with E-state index in [4.69, 9.17) is 4.98 Å². The molecule has 0 bridgehead atoms. The Kier molecular flexibility index (Phi) is 4.51. The normalized spacial score (nSPS) is 21.2. The van der Waals surface area contributed by atoms with Gasteiger partial charge >= 0.3 is 0 Å². The lowest BCUT2D eigenvalue weighted by Gasteiger charge is -2.31. The second-order valence-corrected chi connectivity index (χ2v) is 7.36. The van der Waals surface area contributed by atoms with Crippen LogP contribution in [0.25, 0.3) is 0 Å². The van der Waals surface area contributed by atoms with E-state index in [1.165, 1.54) is 0 Å². The monoisotopic (exact) mass is 282 g/mol. The first-order chi connectivity index (χ1) is 8.96. The van der Waals surface area contributed by atoms with E-state index in [2.05, 4.69) is 32.6 Å². The van der Waals surface area contributed by atoms with E-state index >= 15 is 0 Å². The molecule has 1 aliphatic carbocycles. The lowest BCUT2D eigenvalue weighted by molar-refractivity contribution is 0.102. The summed E-state index contributed by atoms with van der Waals surface area (Å²) >= 11 is 1.70. The summed E-state index contributed by atoms with van der Waals surface area (Å²) in [5.74, 6) is 0. The molecule has 1 atom stereocenters. The van der Waals surface area contributed by atoms with Crippen molar-refractivity contribution in [3.05, 3.63) is 10.6 Å². The average molecular weight is 282 g/mol. The van der Waals surface area contributed by atoms with Gasteiger partial charge < -0.3 is 10.0 Å². The van der Waals surface area contributed by atoms with Crippen LogP contribution in [0.3, 0.4) is 0 Å². The minimum atomic E-state index is -0.324. The van der Waals surface area contributed by atoms with E-state index in [-0.39, 0.29) is 11.5 Å². The van der Waals surface area contributed by atoms with Gasteiger partial charge in [0.2, 0.25) is 0 Å². The van der Waals surface area contributed by atoms with Gasteiger partial charge in [0.1, 0.15) is 0 Å². The summed E-state index contributed by atoms with van der Waals surface area (Å²) in [7, 11) is 0. The van der Waals surface area contributed by atoms with Gasteiger partial charge in [-0.05, 0) is 31.1 Å². The van der Waals surface area contributed by atoms with Crippen LogP contribution < -0.4 is 4.90 Å². The van der Waals surface area contributed by atoms with Crippen LogP contribution >= 0.6 is 11.3 Å². The largest absolute Gasteiger partial charge is 0.387 e. The second-order valence-electron chi connectivity index (χ2n) is 6.36. The molecule has 0 spiro atoms. The van der Waals surface area contributed by atoms with Gasteiger partial charge in [0.15, 0.2) is 5.13 Å². The van der Waals surface area contributed by atoms with Crippen LogP contribution in [0.15, 0.2) is 0 Å². The zero-order chi connectivity index (χ0) is 14.0. The molecule has 1 aromatic heterocycles. The molecule has 0 saturated heterocycles. The molecule has 1 heterocycles. The van der Waals surface area contributed by atoms with Crippen LogP contribution in [-0.2, 0) is 6.42 Å². The maximum Gasteiger partial charge on any atom is 0.185 e. The zero-order valence-corrected chi connectivity index (χ0v) is 13.4. The Morgan fingerprint density at radius 1 is 1.32 bits per heavy atom. The highest BCUT2D eigenvalue weighted by Gasteiger charge is 2.34. The Balaban J connectivity index is 2.25. The quantitative estimate of drug-likeness (QED) is 0.893. The molecule has 3 nitrogen and oxygen atoms in total. The minimum absolute atomic E-state index is 0.165. The Hall–Kier alpha value is -0.610. The Labute approximate surface area is 120 Å². The molecule has 1 unspecified atom stereocenters. The standard InChI is InChI=1S/C15H26N2OS/c1-5-7-17(8-6-2)14-16-11-9-15(3,4)10-12(18)13(11)19-14/h12,18H,5-10H2,1-4H3. The predicted octanol–water partition coefficient (Wildman–Crippen LogP) is 3.78. The van der Waals surface area contributed by atoms with Crippen molar-refractivity contribution in [3.63, 3.8) is 0 Å². The fraction of sp³-hybridized carbons (Fsp3) is 0.800. The van der Waals surface area contributed by atoms with E-state index in [9.17, 15) is 5.11 Å². The first-order valence-electron chi connectivity index (χ1n) is 7.39. The third-order valence-electron chi connectivity index (χ3n) is 3.67. The smallest absolute Gasteiger partial charge is 0.185 e. The molecule has 0 aromatic carbocycles. The van der Waals surface area contributed by atoms with E-state index in [0.717, 1.165) is 54.5 Å². The van der Waals surface area contributed by atoms with Gasteiger partial charge in [0.05, 0.1) is 16.7 Å². The molecule has 0 radical (unpaired) electrons. The highest BCUT2D eigenvalue weighted by atomic mass is 32.1. The topological polar surface area (TPSA) is 36.4 Å². The molecule has 1 aliphatic rings. The van der Waals surface area contributed by atoms with Crippen LogP contribution in [0.5, 0.6) is 0 Å². The number of hydrogen-bond acceptors (Lipinski definition) is 4. The summed E-state index contributed by atoms with van der Waals surface area (Å²) in [6, 6.07) is 0. The summed E-state index contributed by atoms with van der Waals surface area (Å²) in [5.41, 5.74) is 1.29. The van der Waals surface area contributed by atoms with Crippen molar-refractivity contribution in [2.75, 3.05) is 18.0 Å². The molecule has 0 fully saturated rings. The first kappa shape index (κ1) is 14.8. The van der Waals surface area contributed by atoms with Crippen molar-refractivity contribution in [2.24, 2.45) is 5.41 Å². The molecule has 1 aromatic rings. The molecular formula is C15H26N2OS. The summed E-state index contributed by atoms with van der Waals surface area (Å²) in [6.07, 6.45) is 3.79. The lowest BCUT2D eigenvalue weighted by atomic mass is 9.77. The molecule has 0 amide bonds. The Morgan fingerprint density at radius 3 is 2.53 bits per heavy atom. The van der Waals surface area contributed by atoms with Crippen LogP contribution in [0.4, 0.5) is 5.13 Å². The summed E-state index contributed by atoms with van der Waals surface area (Å²) in [4.78, 5) is 8.29. The molecule has 2 rings (SSSR count). The number of fused-ring (bicyclic) bond motifs is 1. The number of aliphatic hydroxyl groups excluding tert-OH is 1. The number of aliphatic hydroxyl groups is 1. The van der Waals surface area contributed by atoms with Gasteiger partial charge in [-0.2, -0.15) is 0 Å². The van der Waals surface area contributed by atoms with E-state index in [1.54, 1.807) is 11.3 Å². The third-order valence-corrected chi connectivity index (χ3v) is 4.93. The highest BCUT2D eigenvalue weighted by Crippen LogP contribution is 2.44. The number of rotatable bonds is 5. The molecule has 1 N–H and O–H groups in total. The average Bonchev–Trinajstić information content (AvgIpc) is 2.71. The van der Waals surface area contributed by atoms with Gasteiger partial charge in [-0.3, -0.25) is 0 Å². The van der Waals surface area contributed by atoms with Gasteiger partial charge in [-0.1, -0.05) is 39.0 Å². The summed E-state index contributed by atoms with van der Waals surface area (Å²) < 4.78 is 0. The van der Waals surface area contributed by atoms with Crippen LogP contribution in [0.1, 0.15) is 63.6 Å². The maximum absolute atomic E-state index is 10.3. The van der Waals surface area contributed by atoms with E-state index in [0.29, 0.717) is 0 Å². The van der Waals surface area contributed by atoms with Crippen molar-refractivity contribution in [1.82, 2.24) is 4.98 Å². The molecule has 4 heteroatoms. The van der Waals surface area contributed by atoms with Gasteiger partial charge in [0.25, 0.3) is 0 Å². The van der Waals surface area contributed by atoms with Gasteiger partial charge in [0, 0.05) is 13.1 Å². The Morgan fingerprint density at radius 2 is 1.95 bits per heavy atom. The number of hydrogen-bond donors (Lipinski definition) is 1. The molecule has 0 aliphatic heterocycles. The number of nitrogens with zero attached hydrogens (tertiary/aromatic N) is 2. The van der Waals surface area contributed by atoms with Crippen LogP contribution in [0, 0.1) is 5.41 Å². The predicted molar refractivity (Wildman–Crippen MR) is 82.0 cm³/mol. The van der Waals surface area contributed by atoms with Crippen LogP contribution in [-0.4, -0.2) is 23.2 Å². The lowest BCUT2D eigenvalue weighted by Crippen LogP contribution is -2.25.